The van der Waals surface area contributed by atoms with Crippen LogP contribution in [0, 0.1) is 0 Å². The van der Waals surface area contributed by atoms with Gasteiger partial charge >= 0.3 is 0 Å². The van der Waals surface area contributed by atoms with Crippen LogP contribution < -0.4 is 0 Å². The first-order valence-corrected chi connectivity index (χ1v) is 8.55. The molecule has 2 aromatic carbocycles. The molecule has 0 atom stereocenters. The van der Waals surface area contributed by atoms with Gasteiger partial charge in [-0.25, -0.2) is 0 Å². The molecule has 2 heterocycles. The molecule has 0 bridgehead atoms. The van der Waals surface area contributed by atoms with Gasteiger partial charge in [0.2, 0.25) is 0 Å². The van der Waals surface area contributed by atoms with E-state index >= 15 is 0 Å². The Morgan fingerprint density at radius 3 is 2.50 bits per heavy atom. The lowest BCUT2D eigenvalue weighted by molar-refractivity contribution is 0.0912. The van der Waals surface area contributed by atoms with Crippen molar-refractivity contribution in [1.29, 1.82) is 0 Å². The molecule has 0 unspecified atom stereocenters. The third kappa shape index (κ3) is 2.08. The molecule has 5 heteroatoms. The van der Waals surface area contributed by atoms with Crippen molar-refractivity contribution < 1.29 is 4.79 Å². The number of carbonyl (C=O) groups excluding carboxylic acids is 1. The minimum absolute atomic E-state index is 0.0505. The lowest BCUT2D eigenvalue weighted by atomic mass is 9.84. The van der Waals surface area contributed by atoms with Crippen molar-refractivity contribution in [2.24, 2.45) is 12.0 Å². The highest BCUT2D eigenvalue weighted by atomic mass is 79.9. The molecule has 0 N–H and O–H groups in total. The van der Waals surface area contributed by atoms with Gasteiger partial charge in [0.1, 0.15) is 11.1 Å². The Bertz CT molecular complexity index is 1030. The van der Waals surface area contributed by atoms with Crippen molar-refractivity contribution in [3.8, 4) is 0 Å². The molecule has 0 radical (unpaired) electrons. The summed E-state index contributed by atoms with van der Waals surface area (Å²) in [4.78, 5) is 17.5. The van der Waals surface area contributed by atoms with Crippen LogP contribution in [-0.2, 0) is 7.05 Å². The number of halogens is 1. The number of hydrogen-bond donors (Lipinski definition) is 0. The van der Waals surface area contributed by atoms with Crippen LogP contribution in [0.4, 0.5) is 0 Å². The van der Waals surface area contributed by atoms with E-state index in [4.69, 9.17) is 4.99 Å². The summed E-state index contributed by atoms with van der Waals surface area (Å²) in [7, 11) is 1.91. The first-order valence-electron chi connectivity index (χ1n) is 7.76. The van der Waals surface area contributed by atoms with E-state index in [1.807, 2.05) is 68.0 Å². The first-order chi connectivity index (χ1) is 11.4. The van der Waals surface area contributed by atoms with Gasteiger partial charge in [-0.3, -0.25) is 14.5 Å². The predicted molar refractivity (Wildman–Crippen MR) is 98.9 cm³/mol. The van der Waals surface area contributed by atoms with Crippen molar-refractivity contribution in [3.63, 3.8) is 0 Å². The van der Waals surface area contributed by atoms with Crippen molar-refractivity contribution >= 4 is 38.3 Å². The standard InChI is InChI=1S/C19H16BrN3O/c1-19(2)18(24)12-8-5-4-7-11(12)16(21-19)17-13-9-6-10-14(20)15(13)22-23(17)3/h4-10H,1-3H3. The van der Waals surface area contributed by atoms with Gasteiger partial charge < -0.3 is 0 Å². The topological polar surface area (TPSA) is 47.2 Å². The van der Waals surface area contributed by atoms with Crippen molar-refractivity contribution in [3.05, 3.63) is 63.8 Å². The van der Waals surface area contributed by atoms with Gasteiger partial charge in [0, 0.05) is 28.0 Å². The van der Waals surface area contributed by atoms with E-state index in [1.54, 1.807) is 0 Å². The molecule has 4 rings (SSSR count). The number of rotatable bonds is 1. The van der Waals surface area contributed by atoms with Crippen molar-refractivity contribution in [1.82, 2.24) is 9.78 Å². The van der Waals surface area contributed by atoms with E-state index in [0.29, 0.717) is 0 Å². The maximum Gasteiger partial charge on any atom is 0.190 e. The van der Waals surface area contributed by atoms with Crippen LogP contribution in [-0.4, -0.2) is 26.8 Å². The first kappa shape index (κ1) is 15.3. The Morgan fingerprint density at radius 1 is 1.04 bits per heavy atom. The number of aromatic nitrogens is 2. The normalized spacial score (nSPS) is 16.2. The van der Waals surface area contributed by atoms with Crippen molar-refractivity contribution in [2.75, 3.05) is 0 Å². The van der Waals surface area contributed by atoms with Crippen LogP contribution in [0.2, 0.25) is 0 Å². The van der Waals surface area contributed by atoms with E-state index in [0.717, 1.165) is 37.9 Å². The number of Topliss-reactive ketones (excluding diaryl/α,β-unsaturated/α-hetero) is 1. The molecule has 0 saturated carbocycles. The minimum atomic E-state index is -0.785. The molecule has 1 aromatic heterocycles. The zero-order valence-corrected chi connectivity index (χ0v) is 15.3. The molecule has 120 valence electrons. The Kier molecular flexibility index (Phi) is 3.25. The van der Waals surface area contributed by atoms with Gasteiger partial charge in [-0.1, -0.05) is 36.4 Å². The molecule has 0 amide bonds. The highest BCUT2D eigenvalue weighted by Crippen LogP contribution is 2.33. The Hall–Kier alpha value is -2.27. The van der Waals surface area contributed by atoms with Gasteiger partial charge in [0.15, 0.2) is 5.78 Å². The SMILES string of the molecule is Cn1nc2c(Br)cccc2c1C1=NC(C)(C)C(=O)c2ccccc21. The second kappa shape index (κ2) is 5.11. The number of carbonyl (C=O) groups is 1. The molecule has 0 saturated heterocycles. The monoisotopic (exact) mass is 381 g/mol. The van der Waals surface area contributed by atoms with Crippen LogP contribution in [0.3, 0.4) is 0 Å². The number of benzene rings is 2. The Morgan fingerprint density at radius 2 is 1.75 bits per heavy atom. The molecule has 24 heavy (non-hydrogen) atoms. The molecule has 1 aliphatic heterocycles. The van der Waals surface area contributed by atoms with E-state index in [9.17, 15) is 4.79 Å². The summed E-state index contributed by atoms with van der Waals surface area (Å²) in [6, 6.07) is 13.7. The van der Waals surface area contributed by atoms with Gasteiger partial charge in [-0.2, -0.15) is 5.10 Å². The summed E-state index contributed by atoms with van der Waals surface area (Å²) in [5.41, 5.74) is 3.44. The second-order valence-corrected chi connectivity index (χ2v) is 7.36. The van der Waals surface area contributed by atoms with Gasteiger partial charge in [-0.15, -0.1) is 0 Å². The van der Waals surface area contributed by atoms with E-state index < -0.39 is 5.54 Å². The summed E-state index contributed by atoms with van der Waals surface area (Å²) in [6.07, 6.45) is 0. The average molecular weight is 382 g/mol. The molecule has 3 aromatic rings. The van der Waals surface area contributed by atoms with Crippen LogP contribution in [0.5, 0.6) is 0 Å². The molecule has 0 aliphatic carbocycles. The summed E-state index contributed by atoms with van der Waals surface area (Å²) in [5.74, 6) is 0.0505. The Balaban J connectivity index is 2.08. The third-order valence-electron chi connectivity index (χ3n) is 4.41. The summed E-state index contributed by atoms with van der Waals surface area (Å²) in [5, 5.41) is 5.65. The number of nitrogens with zero attached hydrogens (tertiary/aromatic N) is 3. The number of aryl methyl sites for hydroxylation is 1. The molecular formula is C19H16BrN3O. The smallest absolute Gasteiger partial charge is 0.190 e. The Labute approximate surface area is 148 Å². The summed E-state index contributed by atoms with van der Waals surface area (Å²) in [6.45, 7) is 3.72. The molecular weight excluding hydrogens is 366 g/mol. The fourth-order valence-electron chi connectivity index (χ4n) is 3.25. The van der Waals surface area contributed by atoms with Crippen LogP contribution in [0.25, 0.3) is 10.9 Å². The summed E-state index contributed by atoms with van der Waals surface area (Å²) < 4.78 is 2.79. The molecule has 1 aliphatic rings. The van der Waals surface area contributed by atoms with Crippen LogP contribution in [0.1, 0.15) is 35.5 Å². The largest absolute Gasteiger partial charge is 0.291 e. The van der Waals surface area contributed by atoms with Crippen LogP contribution >= 0.6 is 15.9 Å². The van der Waals surface area contributed by atoms with Gasteiger partial charge in [-0.05, 0) is 35.8 Å². The van der Waals surface area contributed by atoms with E-state index in [-0.39, 0.29) is 5.78 Å². The van der Waals surface area contributed by atoms with Gasteiger partial charge in [0.05, 0.1) is 11.4 Å². The molecule has 4 nitrogen and oxygen atoms in total. The van der Waals surface area contributed by atoms with Crippen molar-refractivity contribution in [2.45, 2.75) is 19.4 Å². The summed E-state index contributed by atoms with van der Waals surface area (Å²) >= 11 is 3.56. The predicted octanol–water partition coefficient (Wildman–Crippen LogP) is 4.15. The highest BCUT2D eigenvalue weighted by Gasteiger charge is 2.36. The number of fused-ring (bicyclic) bond motifs is 2. The van der Waals surface area contributed by atoms with E-state index in [2.05, 4.69) is 21.0 Å². The number of hydrogen-bond acceptors (Lipinski definition) is 3. The zero-order valence-electron chi connectivity index (χ0n) is 13.7. The lowest BCUT2D eigenvalue weighted by Gasteiger charge is -2.27. The maximum atomic E-state index is 12.7. The lowest BCUT2D eigenvalue weighted by Crippen LogP contribution is -2.37. The average Bonchev–Trinajstić information content (AvgIpc) is 2.89. The van der Waals surface area contributed by atoms with Crippen LogP contribution in [0.15, 0.2) is 51.9 Å². The minimum Gasteiger partial charge on any atom is -0.291 e. The highest BCUT2D eigenvalue weighted by molar-refractivity contribution is 9.10. The van der Waals surface area contributed by atoms with E-state index in [1.165, 1.54) is 0 Å². The zero-order chi connectivity index (χ0) is 17.1. The quantitative estimate of drug-likeness (QED) is 0.635. The fourth-order valence-corrected chi connectivity index (χ4v) is 3.70. The number of aliphatic imine (C=N–C) groups is 1. The van der Waals surface area contributed by atoms with Gasteiger partial charge in [0.25, 0.3) is 0 Å². The fraction of sp³-hybridized carbons (Fsp3) is 0.211. The number of ketones is 1. The second-order valence-electron chi connectivity index (χ2n) is 6.50. The third-order valence-corrected chi connectivity index (χ3v) is 5.05. The molecule has 0 spiro atoms. The maximum absolute atomic E-state index is 12.7. The molecule has 0 fully saturated rings.